The topological polar surface area (TPSA) is 32.3 Å². The highest BCUT2D eigenvalue weighted by Crippen LogP contribution is 2.19. The molecule has 0 saturated carbocycles. The largest absolute Gasteiger partial charge is 0.378 e. The van der Waals surface area contributed by atoms with E-state index in [0.29, 0.717) is 5.75 Å². The van der Waals surface area contributed by atoms with E-state index in [1.807, 2.05) is 43.3 Å². The molecule has 1 amide bonds. The van der Waals surface area contributed by atoms with Gasteiger partial charge in [0, 0.05) is 30.4 Å². The van der Waals surface area contributed by atoms with E-state index in [1.54, 1.807) is 12.1 Å². The number of carbonyl (C=O) groups is 1. The number of hydrogen-bond acceptors (Lipinski definition) is 3. The molecule has 0 fully saturated rings. The smallest absolute Gasteiger partial charge is 0.234 e. The molecule has 3 nitrogen and oxygen atoms in total. The number of halogens is 1. The zero-order valence-corrected chi connectivity index (χ0v) is 12.8. The van der Waals surface area contributed by atoms with Crippen LogP contribution in [-0.2, 0) is 4.79 Å². The molecule has 0 atom stereocenters. The Morgan fingerprint density at radius 2 is 1.71 bits per heavy atom. The lowest BCUT2D eigenvalue weighted by Gasteiger charge is -2.13. The molecule has 0 radical (unpaired) electrons. The fourth-order valence-electron chi connectivity index (χ4n) is 1.72. The second kappa shape index (κ2) is 7.13. The summed E-state index contributed by atoms with van der Waals surface area (Å²) in [4.78, 5) is 14.7. The molecule has 0 unspecified atom stereocenters. The lowest BCUT2D eigenvalue weighted by molar-refractivity contribution is -0.113. The van der Waals surface area contributed by atoms with Crippen molar-refractivity contribution in [2.75, 3.05) is 30.1 Å². The summed E-state index contributed by atoms with van der Waals surface area (Å²) in [5.41, 5.74) is 1.85. The van der Waals surface area contributed by atoms with Crippen LogP contribution in [0.25, 0.3) is 0 Å². The van der Waals surface area contributed by atoms with Gasteiger partial charge in [0.15, 0.2) is 0 Å². The van der Waals surface area contributed by atoms with Crippen LogP contribution in [-0.4, -0.2) is 25.8 Å². The van der Waals surface area contributed by atoms with E-state index in [9.17, 15) is 9.18 Å². The van der Waals surface area contributed by atoms with Crippen LogP contribution in [0.5, 0.6) is 0 Å². The maximum absolute atomic E-state index is 12.8. The van der Waals surface area contributed by atoms with Crippen molar-refractivity contribution in [3.63, 3.8) is 0 Å². The zero-order chi connectivity index (χ0) is 15.2. The molecule has 2 aromatic rings. The molecular weight excluding hydrogens is 287 g/mol. The predicted octanol–water partition coefficient (Wildman–Crippen LogP) is 3.62. The van der Waals surface area contributed by atoms with Gasteiger partial charge in [0.1, 0.15) is 5.82 Å². The molecule has 21 heavy (non-hydrogen) atoms. The minimum absolute atomic E-state index is 0.0815. The van der Waals surface area contributed by atoms with Crippen LogP contribution in [0.3, 0.4) is 0 Å². The van der Waals surface area contributed by atoms with E-state index in [4.69, 9.17) is 0 Å². The molecule has 0 aliphatic rings. The van der Waals surface area contributed by atoms with E-state index in [2.05, 4.69) is 5.32 Å². The summed E-state index contributed by atoms with van der Waals surface area (Å²) in [6.45, 7) is 0. The Morgan fingerprint density at radius 3 is 2.29 bits per heavy atom. The first kappa shape index (κ1) is 15.4. The van der Waals surface area contributed by atoms with Gasteiger partial charge in [-0.25, -0.2) is 4.39 Å². The summed E-state index contributed by atoms with van der Waals surface area (Å²) in [5, 5.41) is 2.84. The monoisotopic (exact) mass is 304 g/mol. The number of thioether (sulfide) groups is 1. The van der Waals surface area contributed by atoms with Crippen LogP contribution >= 0.6 is 11.8 Å². The average molecular weight is 304 g/mol. The lowest BCUT2D eigenvalue weighted by Crippen LogP contribution is -2.14. The van der Waals surface area contributed by atoms with E-state index in [-0.39, 0.29) is 11.7 Å². The maximum atomic E-state index is 12.8. The highest BCUT2D eigenvalue weighted by Gasteiger charge is 2.04. The molecule has 0 spiro atoms. The summed E-state index contributed by atoms with van der Waals surface area (Å²) in [6.07, 6.45) is 0. The van der Waals surface area contributed by atoms with Crippen molar-refractivity contribution in [1.82, 2.24) is 0 Å². The minimum atomic E-state index is -0.273. The van der Waals surface area contributed by atoms with Gasteiger partial charge < -0.3 is 10.2 Å². The standard InChI is InChI=1S/C16H17FN2OS/c1-19(2)14-7-5-13(6-8-14)18-16(20)11-21-15-9-3-12(17)4-10-15/h3-10H,11H2,1-2H3,(H,18,20). The van der Waals surface area contributed by atoms with Crippen LogP contribution in [0, 0.1) is 5.82 Å². The van der Waals surface area contributed by atoms with E-state index in [1.165, 1.54) is 23.9 Å². The number of benzene rings is 2. The Bertz CT molecular complexity index is 597. The lowest BCUT2D eigenvalue weighted by atomic mass is 10.2. The van der Waals surface area contributed by atoms with Gasteiger partial charge in [-0.2, -0.15) is 0 Å². The van der Waals surface area contributed by atoms with E-state index >= 15 is 0 Å². The highest BCUT2D eigenvalue weighted by molar-refractivity contribution is 8.00. The molecule has 0 heterocycles. The zero-order valence-electron chi connectivity index (χ0n) is 12.0. The molecule has 0 aliphatic heterocycles. The Balaban J connectivity index is 1.85. The van der Waals surface area contributed by atoms with Gasteiger partial charge >= 0.3 is 0 Å². The van der Waals surface area contributed by atoms with Crippen LogP contribution in [0.15, 0.2) is 53.4 Å². The van der Waals surface area contributed by atoms with Crippen LogP contribution < -0.4 is 10.2 Å². The van der Waals surface area contributed by atoms with Crippen molar-refractivity contribution in [1.29, 1.82) is 0 Å². The van der Waals surface area contributed by atoms with Crippen molar-refractivity contribution in [3.8, 4) is 0 Å². The van der Waals surface area contributed by atoms with Gasteiger partial charge in [0.05, 0.1) is 5.75 Å². The third kappa shape index (κ3) is 4.79. The summed E-state index contributed by atoms with van der Waals surface area (Å²) in [6, 6.07) is 13.7. The van der Waals surface area contributed by atoms with Crippen LogP contribution in [0.4, 0.5) is 15.8 Å². The van der Waals surface area contributed by atoms with Crippen molar-refractivity contribution in [3.05, 3.63) is 54.3 Å². The van der Waals surface area contributed by atoms with Gasteiger partial charge in [-0.3, -0.25) is 4.79 Å². The third-order valence-electron chi connectivity index (χ3n) is 2.85. The number of nitrogens with one attached hydrogen (secondary N) is 1. The van der Waals surface area contributed by atoms with Gasteiger partial charge in [0.2, 0.25) is 5.91 Å². The molecule has 110 valence electrons. The summed E-state index contributed by atoms with van der Waals surface area (Å²) in [5.74, 6) is -0.0622. The van der Waals surface area contributed by atoms with Gasteiger partial charge in [-0.05, 0) is 48.5 Å². The number of hydrogen-bond donors (Lipinski definition) is 1. The normalized spacial score (nSPS) is 10.2. The SMILES string of the molecule is CN(C)c1ccc(NC(=O)CSc2ccc(F)cc2)cc1. The van der Waals surface area contributed by atoms with E-state index in [0.717, 1.165) is 16.3 Å². The summed E-state index contributed by atoms with van der Waals surface area (Å²) < 4.78 is 12.8. The van der Waals surface area contributed by atoms with Crippen molar-refractivity contribution >= 4 is 29.0 Å². The number of amides is 1. The summed E-state index contributed by atoms with van der Waals surface area (Å²) >= 11 is 1.38. The Morgan fingerprint density at radius 1 is 1.10 bits per heavy atom. The van der Waals surface area contributed by atoms with Crippen molar-refractivity contribution < 1.29 is 9.18 Å². The van der Waals surface area contributed by atoms with E-state index < -0.39 is 0 Å². The molecule has 1 N–H and O–H groups in total. The number of nitrogens with zero attached hydrogens (tertiary/aromatic N) is 1. The van der Waals surface area contributed by atoms with Crippen molar-refractivity contribution in [2.24, 2.45) is 0 Å². The minimum Gasteiger partial charge on any atom is -0.378 e. The fraction of sp³-hybridized carbons (Fsp3) is 0.188. The highest BCUT2D eigenvalue weighted by atomic mass is 32.2. The molecule has 2 rings (SSSR count). The first-order chi connectivity index (χ1) is 10.0. The van der Waals surface area contributed by atoms with Gasteiger partial charge in [-0.1, -0.05) is 0 Å². The molecule has 5 heteroatoms. The predicted molar refractivity (Wildman–Crippen MR) is 86.5 cm³/mol. The first-order valence-electron chi connectivity index (χ1n) is 6.50. The summed E-state index contributed by atoms with van der Waals surface area (Å²) in [7, 11) is 3.93. The van der Waals surface area contributed by atoms with Crippen LogP contribution in [0.2, 0.25) is 0 Å². The quantitative estimate of drug-likeness (QED) is 0.856. The number of carbonyl (C=O) groups excluding carboxylic acids is 1. The first-order valence-corrected chi connectivity index (χ1v) is 7.49. The molecule has 0 bridgehead atoms. The maximum Gasteiger partial charge on any atom is 0.234 e. The second-order valence-corrected chi connectivity index (χ2v) is 5.78. The number of anilines is 2. The Hall–Kier alpha value is -2.01. The molecule has 2 aromatic carbocycles. The molecular formula is C16H17FN2OS. The average Bonchev–Trinajstić information content (AvgIpc) is 2.47. The fourth-order valence-corrected chi connectivity index (χ4v) is 2.42. The Kier molecular flexibility index (Phi) is 5.22. The van der Waals surface area contributed by atoms with Crippen molar-refractivity contribution in [2.45, 2.75) is 4.90 Å². The van der Waals surface area contributed by atoms with Gasteiger partial charge in [0.25, 0.3) is 0 Å². The second-order valence-electron chi connectivity index (χ2n) is 4.73. The van der Waals surface area contributed by atoms with Gasteiger partial charge in [-0.15, -0.1) is 11.8 Å². The van der Waals surface area contributed by atoms with Crippen LogP contribution in [0.1, 0.15) is 0 Å². The molecule has 0 aliphatic carbocycles. The Labute approximate surface area is 128 Å². The molecule has 0 aromatic heterocycles. The number of rotatable bonds is 5. The third-order valence-corrected chi connectivity index (χ3v) is 3.86. The molecule has 0 saturated heterocycles.